The molecule has 0 aromatic heterocycles. The highest BCUT2D eigenvalue weighted by atomic mass is 79.9. The molecule has 1 saturated heterocycles. The van der Waals surface area contributed by atoms with Crippen molar-refractivity contribution < 1.29 is 0 Å². The third-order valence-electron chi connectivity index (χ3n) is 3.38. The molecule has 1 saturated carbocycles. The molecule has 1 aliphatic heterocycles. The van der Waals surface area contributed by atoms with Crippen LogP contribution in [0.2, 0.25) is 0 Å². The van der Waals surface area contributed by atoms with Gasteiger partial charge in [-0.15, -0.1) is 0 Å². The molecule has 2 fully saturated rings. The van der Waals surface area contributed by atoms with Crippen LogP contribution in [-0.2, 0) is 0 Å². The fraction of sp³-hybridized carbons (Fsp3) is 1.00. The van der Waals surface area contributed by atoms with Gasteiger partial charge in [-0.3, -0.25) is 0 Å². The molecule has 12 heavy (non-hydrogen) atoms. The zero-order valence-electron chi connectivity index (χ0n) is 7.52. The molecule has 0 aromatic rings. The summed E-state index contributed by atoms with van der Waals surface area (Å²) in [5.74, 6) is 1.42. The summed E-state index contributed by atoms with van der Waals surface area (Å²) in [7, 11) is 0. The number of hydrogen-bond donors (Lipinski definition) is 0. The van der Waals surface area contributed by atoms with Crippen LogP contribution in [0.15, 0.2) is 0 Å². The van der Waals surface area contributed by atoms with Crippen molar-refractivity contribution in [2.75, 3.05) is 11.1 Å². The fourth-order valence-corrected chi connectivity index (χ4v) is 4.62. The molecule has 1 heterocycles. The smallest absolute Gasteiger partial charge is 0.00883 e. The van der Waals surface area contributed by atoms with Gasteiger partial charge in [-0.05, 0) is 43.3 Å². The van der Waals surface area contributed by atoms with E-state index in [1.807, 2.05) is 0 Å². The molecule has 0 nitrogen and oxygen atoms in total. The Kier molecular flexibility index (Phi) is 3.06. The minimum absolute atomic E-state index is 0.724. The van der Waals surface area contributed by atoms with Crippen LogP contribution in [0.5, 0.6) is 0 Å². The monoisotopic (exact) mass is 248 g/mol. The zero-order valence-corrected chi connectivity index (χ0v) is 9.92. The first kappa shape index (κ1) is 9.39. The lowest BCUT2D eigenvalue weighted by atomic mass is 9.67. The van der Waals surface area contributed by atoms with Crippen LogP contribution in [0.25, 0.3) is 0 Å². The maximum absolute atomic E-state index is 3.68. The van der Waals surface area contributed by atoms with Crippen LogP contribution in [0.4, 0.5) is 0 Å². The fourth-order valence-electron chi connectivity index (χ4n) is 2.36. The molecule has 0 radical (unpaired) electrons. The van der Waals surface area contributed by atoms with E-state index in [2.05, 4.69) is 27.7 Å². The van der Waals surface area contributed by atoms with Gasteiger partial charge >= 0.3 is 0 Å². The minimum Gasteiger partial charge on any atom is -0.159 e. The molecule has 1 unspecified atom stereocenters. The van der Waals surface area contributed by atoms with E-state index in [0.29, 0.717) is 0 Å². The van der Waals surface area contributed by atoms with Gasteiger partial charge in [-0.25, -0.2) is 0 Å². The zero-order chi connectivity index (χ0) is 8.44. The van der Waals surface area contributed by atoms with Gasteiger partial charge in [0.2, 0.25) is 0 Å². The highest BCUT2D eigenvalue weighted by Gasteiger charge is 2.38. The molecule has 0 bridgehead atoms. The van der Waals surface area contributed by atoms with Crippen molar-refractivity contribution in [3.8, 4) is 0 Å². The number of halogens is 1. The summed E-state index contributed by atoms with van der Waals surface area (Å²) in [6, 6.07) is 0. The molecule has 1 atom stereocenters. The van der Waals surface area contributed by atoms with Crippen molar-refractivity contribution >= 4 is 27.7 Å². The first-order valence-electron chi connectivity index (χ1n) is 5.02. The molecular formula is C10H17BrS. The summed E-state index contributed by atoms with van der Waals surface area (Å²) in [4.78, 5) is 0. The van der Waals surface area contributed by atoms with Crippen LogP contribution in [0.3, 0.4) is 0 Å². The minimum atomic E-state index is 0.724. The predicted molar refractivity (Wildman–Crippen MR) is 60.2 cm³/mol. The molecule has 0 N–H and O–H groups in total. The number of thioether (sulfide) groups is 1. The van der Waals surface area contributed by atoms with Gasteiger partial charge in [0.1, 0.15) is 0 Å². The average Bonchev–Trinajstić information content (AvgIpc) is 2.49. The van der Waals surface area contributed by atoms with Crippen LogP contribution in [0.1, 0.15) is 38.5 Å². The topological polar surface area (TPSA) is 0 Å². The van der Waals surface area contributed by atoms with Crippen molar-refractivity contribution in [1.82, 2.24) is 0 Å². The Bertz CT molecular complexity index is 142. The van der Waals surface area contributed by atoms with Crippen LogP contribution in [-0.4, -0.2) is 16.3 Å². The Morgan fingerprint density at radius 2 is 2.17 bits per heavy atom. The van der Waals surface area contributed by atoms with Crippen molar-refractivity contribution in [3.05, 3.63) is 0 Å². The van der Waals surface area contributed by atoms with E-state index < -0.39 is 0 Å². The lowest BCUT2D eigenvalue weighted by Gasteiger charge is -2.42. The van der Waals surface area contributed by atoms with Crippen molar-refractivity contribution in [3.63, 3.8) is 0 Å². The predicted octanol–water partition coefficient (Wildman–Crippen LogP) is 3.84. The summed E-state index contributed by atoms with van der Waals surface area (Å²) in [6.07, 6.45) is 8.88. The Morgan fingerprint density at radius 3 is 2.58 bits per heavy atom. The third-order valence-corrected chi connectivity index (χ3v) is 5.97. The van der Waals surface area contributed by atoms with E-state index in [-0.39, 0.29) is 0 Å². The maximum atomic E-state index is 3.68. The molecule has 0 spiro atoms. The molecule has 70 valence electrons. The van der Waals surface area contributed by atoms with E-state index in [1.54, 1.807) is 0 Å². The molecule has 2 heteroatoms. The van der Waals surface area contributed by atoms with E-state index in [9.17, 15) is 0 Å². The van der Waals surface area contributed by atoms with Gasteiger partial charge in [-0.1, -0.05) is 22.4 Å². The summed E-state index contributed by atoms with van der Waals surface area (Å²) in [5, 5.41) is 2.25. The summed E-state index contributed by atoms with van der Waals surface area (Å²) in [6.45, 7) is 0. The average molecular weight is 249 g/mol. The van der Waals surface area contributed by atoms with E-state index >= 15 is 0 Å². The van der Waals surface area contributed by atoms with E-state index in [4.69, 9.17) is 0 Å². The van der Waals surface area contributed by atoms with Gasteiger partial charge < -0.3 is 0 Å². The van der Waals surface area contributed by atoms with Crippen LogP contribution >= 0.6 is 27.7 Å². The normalized spacial score (nSPS) is 33.2. The Balaban J connectivity index is 1.83. The van der Waals surface area contributed by atoms with Crippen molar-refractivity contribution in [1.29, 1.82) is 0 Å². The lowest BCUT2D eigenvalue weighted by molar-refractivity contribution is 0.153. The quantitative estimate of drug-likeness (QED) is 0.685. The van der Waals surface area contributed by atoms with Gasteiger partial charge in [0.05, 0.1) is 0 Å². The molecule has 2 rings (SSSR count). The largest absolute Gasteiger partial charge is 0.159 e. The molecular weight excluding hydrogens is 232 g/mol. The maximum Gasteiger partial charge on any atom is 0.00883 e. The van der Waals surface area contributed by atoms with Gasteiger partial charge in [0.15, 0.2) is 0 Å². The van der Waals surface area contributed by atoms with Crippen molar-refractivity contribution in [2.24, 2.45) is 5.41 Å². The SMILES string of the molecule is BrCC1(CC2CCCS2)CCC1. The van der Waals surface area contributed by atoms with Gasteiger partial charge in [0.25, 0.3) is 0 Å². The first-order valence-corrected chi connectivity index (χ1v) is 7.19. The molecule has 0 aromatic carbocycles. The first-order chi connectivity index (χ1) is 5.85. The van der Waals surface area contributed by atoms with Gasteiger partial charge in [0, 0.05) is 10.6 Å². The Morgan fingerprint density at radius 1 is 1.33 bits per heavy atom. The second kappa shape index (κ2) is 3.91. The van der Waals surface area contributed by atoms with Crippen molar-refractivity contribution in [2.45, 2.75) is 43.8 Å². The van der Waals surface area contributed by atoms with Crippen LogP contribution in [0, 0.1) is 5.41 Å². The Labute approximate surface area is 88.0 Å². The third kappa shape index (κ3) is 1.84. The van der Waals surface area contributed by atoms with E-state index in [0.717, 1.165) is 10.7 Å². The number of rotatable bonds is 3. The second-order valence-electron chi connectivity index (χ2n) is 4.33. The standard InChI is InChI=1S/C10H17BrS/c11-8-10(4-2-5-10)7-9-3-1-6-12-9/h9H,1-8H2. The Hall–Kier alpha value is 0.830. The molecule has 0 amide bonds. The van der Waals surface area contributed by atoms with Gasteiger partial charge in [-0.2, -0.15) is 11.8 Å². The lowest BCUT2D eigenvalue weighted by Crippen LogP contribution is -2.33. The molecule has 1 aliphatic carbocycles. The summed E-state index contributed by atoms with van der Waals surface area (Å²) >= 11 is 5.89. The molecule has 2 aliphatic rings. The van der Waals surface area contributed by atoms with Crippen LogP contribution < -0.4 is 0 Å². The summed E-state index contributed by atoms with van der Waals surface area (Å²) in [5.41, 5.74) is 0.724. The van der Waals surface area contributed by atoms with E-state index in [1.165, 1.54) is 49.6 Å². The summed E-state index contributed by atoms with van der Waals surface area (Å²) < 4.78 is 0. The highest BCUT2D eigenvalue weighted by molar-refractivity contribution is 9.09. The number of hydrogen-bond acceptors (Lipinski definition) is 1. The second-order valence-corrected chi connectivity index (χ2v) is 6.30. The highest BCUT2D eigenvalue weighted by Crippen LogP contribution is 2.49. The number of alkyl halides is 1.